The predicted octanol–water partition coefficient (Wildman–Crippen LogP) is 5.51. The van der Waals surface area contributed by atoms with Crippen LogP contribution < -0.4 is 19.7 Å². The van der Waals surface area contributed by atoms with Crippen LogP contribution in [0.3, 0.4) is 0 Å². The van der Waals surface area contributed by atoms with E-state index < -0.39 is 48.2 Å². The Balaban J connectivity index is 1.84. The molecule has 0 saturated heterocycles. The molecule has 212 valence electrons. The number of tetrazole rings is 1. The number of nitrogens with zero attached hydrogens (tertiary/aromatic N) is 5. The standard InChI is InChI=1S/C23H22F9N6O/c1-3-16-9-20(18-10-17(39-23(30,31)32)4-5-19(18)33-16)37(38-12-36(2)34-35-38)11-13-6-14(21(24,25)26)8-15(7-13)22(27,28)29/h4-8,10,12,16,20,33H,3,9,11H2,1-2H3/q+1/t16-,20+/m1/s1. The summed E-state index contributed by atoms with van der Waals surface area (Å²) in [4.78, 5) is 1.14. The molecule has 0 unspecified atom stereocenters. The Morgan fingerprint density at radius 2 is 1.64 bits per heavy atom. The molecule has 2 aromatic carbocycles. The van der Waals surface area contributed by atoms with Crippen molar-refractivity contribution in [2.24, 2.45) is 7.05 Å². The van der Waals surface area contributed by atoms with E-state index in [2.05, 4.69) is 20.5 Å². The van der Waals surface area contributed by atoms with E-state index in [9.17, 15) is 39.5 Å². The van der Waals surface area contributed by atoms with Crippen LogP contribution in [0.15, 0.2) is 42.7 Å². The molecule has 1 N–H and O–H groups in total. The molecule has 2 atom stereocenters. The predicted molar refractivity (Wildman–Crippen MR) is 118 cm³/mol. The maximum absolute atomic E-state index is 13.5. The molecule has 2 heterocycles. The van der Waals surface area contributed by atoms with E-state index in [1.54, 1.807) is 0 Å². The third-order valence-electron chi connectivity index (χ3n) is 6.13. The van der Waals surface area contributed by atoms with E-state index in [0.29, 0.717) is 24.2 Å². The Bertz CT molecular complexity index is 1290. The van der Waals surface area contributed by atoms with E-state index in [1.807, 2.05) is 6.92 Å². The van der Waals surface area contributed by atoms with Gasteiger partial charge in [0.05, 0.1) is 30.8 Å². The van der Waals surface area contributed by atoms with Gasteiger partial charge in [-0.3, -0.25) is 0 Å². The molecule has 1 aromatic heterocycles. The lowest BCUT2D eigenvalue weighted by atomic mass is 9.90. The van der Waals surface area contributed by atoms with E-state index in [4.69, 9.17) is 0 Å². The van der Waals surface area contributed by atoms with Crippen molar-refractivity contribution in [3.05, 3.63) is 65.0 Å². The van der Waals surface area contributed by atoms with Crippen molar-refractivity contribution in [2.75, 3.05) is 10.3 Å². The zero-order chi connectivity index (χ0) is 28.8. The lowest BCUT2D eigenvalue weighted by molar-refractivity contribution is -0.731. The Hall–Kier alpha value is -3.72. The zero-order valence-corrected chi connectivity index (χ0v) is 20.4. The first-order valence-electron chi connectivity index (χ1n) is 11.5. The fraction of sp³-hybridized carbons (Fsp3) is 0.435. The largest absolute Gasteiger partial charge is 0.573 e. The van der Waals surface area contributed by atoms with Crippen LogP contribution in [0, 0.1) is 0 Å². The molecule has 7 nitrogen and oxygen atoms in total. The fourth-order valence-corrected chi connectivity index (χ4v) is 4.41. The van der Waals surface area contributed by atoms with Gasteiger partial charge in [0.25, 0.3) is 6.33 Å². The van der Waals surface area contributed by atoms with E-state index in [0.717, 1.165) is 16.9 Å². The second kappa shape index (κ2) is 10.1. The van der Waals surface area contributed by atoms with E-state index >= 15 is 0 Å². The second-order valence-electron chi connectivity index (χ2n) is 9.00. The Morgan fingerprint density at radius 1 is 1.00 bits per heavy atom. The summed E-state index contributed by atoms with van der Waals surface area (Å²) in [5.74, 6) is -0.537. The summed E-state index contributed by atoms with van der Waals surface area (Å²) in [6.45, 7) is 1.34. The van der Waals surface area contributed by atoms with Crippen LogP contribution in [0.5, 0.6) is 5.75 Å². The Kier molecular flexibility index (Phi) is 7.33. The van der Waals surface area contributed by atoms with Crippen molar-refractivity contribution < 1.29 is 48.9 Å². The number of alkyl halides is 9. The molecule has 0 amide bonds. The molecule has 0 bridgehead atoms. The molecule has 16 heteroatoms. The highest BCUT2D eigenvalue weighted by Gasteiger charge is 2.39. The summed E-state index contributed by atoms with van der Waals surface area (Å²) in [6.07, 6.45) is -13.0. The SMILES string of the molecule is CC[C@@H]1C[C@H](N(Cc2cc(C(F)(F)F)cc(C(F)(F)F)c2)n2c[n+](C)nn2)c2cc(OC(F)(F)F)ccc2N1. The first kappa shape index (κ1) is 28.3. The molecule has 1 aliphatic rings. The third kappa shape index (κ3) is 6.65. The number of ether oxygens (including phenoxy) is 1. The van der Waals surface area contributed by atoms with Gasteiger partial charge in [-0.05, 0) is 54.8 Å². The Morgan fingerprint density at radius 3 is 2.15 bits per heavy atom. The van der Waals surface area contributed by atoms with Crippen LogP contribution in [-0.4, -0.2) is 27.6 Å². The van der Waals surface area contributed by atoms with Crippen molar-refractivity contribution in [3.63, 3.8) is 0 Å². The molecule has 4 rings (SSSR count). The molecular formula is C23H22F9N6O+. The normalized spacial score (nSPS) is 17.9. The van der Waals surface area contributed by atoms with Gasteiger partial charge in [-0.15, -0.1) is 17.9 Å². The summed E-state index contributed by atoms with van der Waals surface area (Å²) in [7, 11) is 1.49. The third-order valence-corrected chi connectivity index (χ3v) is 6.13. The van der Waals surface area contributed by atoms with Crippen LogP contribution in [-0.2, 0) is 25.9 Å². The van der Waals surface area contributed by atoms with Crippen molar-refractivity contribution >= 4 is 5.69 Å². The maximum Gasteiger partial charge on any atom is 0.573 e. The van der Waals surface area contributed by atoms with Crippen molar-refractivity contribution in [3.8, 4) is 5.75 Å². The van der Waals surface area contributed by atoms with Gasteiger partial charge in [0.1, 0.15) is 11.0 Å². The number of aryl methyl sites for hydroxylation is 1. The minimum absolute atomic E-state index is 0.0248. The van der Waals surface area contributed by atoms with Crippen molar-refractivity contribution in [1.82, 2.24) is 15.2 Å². The highest BCUT2D eigenvalue weighted by molar-refractivity contribution is 5.59. The average molecular weight is 569 g/mol. The topological polar surface area (TPSA) is 59.1 Å². The first-order chi connectivity index (χ1) is 18.0. The smallest absolute Gasteiger partial charge is 0.406 e. The van der Waals surface area contributed by atoms with Gasteiger partial charge < -0.3 is 10.1 Å². The van der Waals surface area contributed by atoms with Gasteiger partial charge in [-0.25, -0.2) is 5.01 Å². The minimum Gasteiger partial charge on any atom is -0.406 e. The molecule has 0 saturated carbocycles. The number of aromatic nitrogens is 4. The van der Waals surface area contributed by atoms with Gasteiger partial charge in [-0.2, -0.15) is 26.3 Å². The highest BCUT2D eigenvalue weighted by atomic mass is 19.4. The quantitative estimate of drug-likeness (QED) is 0.314. The lowest BCUT2D eigenvalue weighted by Crippen LogP contribution is -2.44. The molecule has 3 aromatic rings. The van der Waals surface area contributed by atoms with E-state index in [-0.39, 0.29) is 29.7 Å². The highest BCUT2D eigenvalue weighted by Crippen LogP contribution is 2.41. The van der Waals surface area contributed by atoms with E-state index in [1.165, 1.54) is 29.1 Å². The number of hydrogen-bond donors (Lipinski definition) is 1. The number of benzene rings is 2. The summed E-state index contributed by atoms with van der Waals surface area (Å²) in [5, 5.41) is 12.2. The number of anilines is 1. The molecule has 0 spiro atoms. The van der Waals surface area contributed by atoms with Crippen molar-refractivity contribution in [1.29, 1.82) is 0 Å². The van der Waals surface area contributed by atoms with Gasteiger partial charge in [0, 0.05) is 22.1 Å². The minimum atomic E-state index is -5.06. The number of hydrogen-bond acceptors (Lipinski definition) is 5. The number of rotatable bonds is 6. The molecule has 0 aliphatic carbocycles. The number of halogens is 9. The van der Waals surface area contributed by atoms with Crippen LogP contribution in [0.1, 0.15) is 48.1 Å². The average Bonchev–Trinajstić information content (AvgIpc) is 3.25. The monoisotopic (exact) mass is 569 g/mol. The summed E-state index contributed by atoms with van der Waals surface area (Å²) >= 11 is 0. The van der Waals surface area contributed by atoms with Crippen LogP contribution >= 0.6 is 0 Å². The molecule has 0 radical (unpaired) electrons. The summed E-state index contributed by atoms with van der Waals surface area (Å²) in [6, 6.07) is 3.77. The van der Waals surface area contributed by atoms with Crippen molar-refractivity contribution in [2.45, 2.75) is 57.1 Å². The Labute approximate surface area is 215 Å². The maximum atomic E-state index is 13.5. The van der Waals surface area contributed by atoms with Gasteiger partial charge >= 0.3 is 18.7 Å². The van der Waals surface area contributed by atoms with Gasteiger partial charge in [-0.1, -0.05) is 6.92 Å². The van der Waals surface area contributed by atoms with Gasteiger partial charge in [0.2, 0.25) is 0 Å². The molecular weight excluding hydrogens is 547 g/mol. The number of nitrogens with one attached hydrogen (secondary N) is 1. The van der Waals surface area contributed by atoms with Crippen LogP contribution in [0.25, 0.3) is 0 Å². The zero-order valence-electron chi connectivity index (χ0n) is 20.4. The lowest BCUT2D eigenvalue weighted by Gasteiger charge is -2.37. The van der Waals surface area contributed by atoms with Crippen LogP contribution in [0.2, 0.25) is 0 Å². The second-order valence-corrected chi connectivity index (χ2v) is 9.00. The molecule has 39 heavy (non-hydrogen) atoms. The molecule has 1 aliphatic heterocycles. The fourth-order valence-electron chi connectivity index (χ4n) is 4.41. The van der Waals surface area contributed by atoms with Crippen LogP contribution in [0.4, 0.5) is 45.2 Å². The summed E-state index contributed by atoms with van der Waals surface area (Å²) < 4.78 is 125. The number of fused-ring (bicyclic) bond motifs is 1. The summed E-state index contributed by atoms with van der Waals surface area (Å²) in [5.41, 5.74) is -2.61. The molecule has 0 fully saturated rings. The van der Waals surface area contributed by atoms with Gasteiger partial charge in [0.15, 0.2) is 5.21 Å². The first-order valence-corrected chi connectivity index (χ1v) is 11.5.